The summed E-state index contributed by atoms with van der Waals surface area (Å²) in [6.45, 7) is 9.88. The second-order valence-electron chi connectivity index (χ2n) is 6.70. The second-order valence-corrected chi connectivity index (χ2v) is 7.93. The van der Waals surface area contributed by atoms with Gasteiger partial charge in [-0.05, 0) is 40.0 Å². The van der Waals surface area contributed by atoms with Crippen molar-refractivity contribution in [2.45, 2.75) is 51.7 Å². The molecule has 0 radical (unpaired) electrons. The Morgan fingerprint density at radius 1 is 1.10 bits per heavy atom. The van der Waals surface area contributed by atoms with Crippen LogP contribution in [-0.2, 0) is 4.74 Å². The summed E-state index contributed by atoms with van der Waals surface area (Å²) in [5.41, 5.74) is -0.396. The average molecular weight is 300 g/mol. The monoisotopic (exact) mass is 300 g/mol. The van der Waals surface area contributed by atoms with Gasteiger partial charge in [-0.3, -0.25) is 4.90 Å². The summed E-state index contributed by atoms with van der Waals surface area (Å²) >= 11 is 2.05. The minimum Gasteiger partial charge on any atom is -0.444 e. The van der Waals surface area contributed by atoms with Gasteiger partial charge in [0.05, 0.1) is 0 Å². The summed E-state index contributed by atoms with van der Waals surface area (Å²) < 4.78 is 5.48. The smallest absolute Gasteiger partial charge is 0.410 e. The maximum absolute atomic E-state index is 12.1. The molecule has 2 aliphatic heterocycles. The molecule has 0 aromatic rings. The van der Waals surface area contributed by atoms with Crippen LogP contribution in [0.15, 0.2) is 0 Å². The number of likely N-dealkylation sites (tertiary alicyclic amines) is 1. The molecule has 1 amide bonds. The fraction of sp³-hybridized carbons (Fsp3) is 0.933. The van der Waals surface area contributed by atoms with Crippen molar-refractivity contribution < 1.29 is 9.53 Å². The highest BCUT2D eigenvalue weighted by atomic mass is 32.2. The van der Waals surface area contributed by atoms with Gasteiger partial charge in [-0.25, -0.2) is 4.79 Å². The van der Waals surface area contributed by atoms with Gasteiger partial charge in [0.2, 0.25) is 0 Å². The summed E-state index contributed by atoms with van der Waals surface area (Å²) in [6.07, 6.45) is 3.24. The van der Waals surface area contributed by atoms with Gasteiger partial charge in [0.25, 0.3) is 0 Å². The third-order valence-corrected chi connectivity index (χ3v) is 4.85. The lowest BCUT2D eigenvalue weighted by molar-refractivity contribution is 0.0253. The largest absolute Gasteiger partial charge is 0.444 e. The number of nitrogens with zero attached hydrogens (tertiary/aromatic N) is 2. The van der Waals surface area contributed by atoms with Gasteiger partial charge in [-0.15, -0.1) is 0 Å². The molecule has 1 unspecified atom stereocenters. The van der Waals surface area contributed by atoms with Crippen LogP contribution in [0, 0.1) is 0 Å². The number of ether oxygens (including phenoxy) is 1. The van der Waals surface area contributed by atoms with Gasteiger partial charge >= 0.3 is 6.09 Å². The maximum atomic E-state index is 12.1. The first-order valence-corrected chi connectivity index (χ1v) is 8.91. The molecule has 0 aromatic carbocycles. The zero-order chi connectivity index (χ0) is 14.6. The minimum absolute atomic E-state index is 0.146. The first-order valence-electron chi connectivity index (χ1n) is 7.75. The standard InChI is InChI=1S/C15H28N2O2S/c1-15(2,3)19-14(18)17-7-4-5-13(6-8-17)16-9-11-20-12-10-16/h13H,4-12H2,1-3H3. The number of carbonyl (C=O) groups excluding carboxylic acids is 1. The Labute approximate surface area is 127 Å². The van der Waals surface area contributed by atoms with E-state index in [9.17, 15) is 4.79 Å². The lowest BCUT2D eigenvalue weighted by atomic mass is 10.1. The Morgan fingerprint density at radius 2 is 1.80 bits per heavy atom. The van der Waals surface area contributed by atoms with E-state index in [2.05, 4.69) is 16.7 Å². The van der Waals surface area contributed by atoms with Crippen LogP contribution in [-0.4, -0.2) is 65.2 Å². The molecule has 116 valence electrons. The van der Waals surface area contributed by atoms with E-state index in [0.29, 0.717) is 6.04 Å². The van der Waals surface area contributed by atoms with Crippen LogP contribution < -0.4 is 0 Å². The van der Waals surface area contributed by atoms with Gasteiger partial charge in [-0.1, -0.05) is 0 Å². The van der Waals surface area contributed by atoms with E-state index in [1.807, 2.05) is 25.7 Å². The highest BCUT2D eigenvalue weighted by Crippen LogP contribution is 2.21. The molecule has 0 spiro atoms. The van der Waals surface area contributed by atoms with E-state index < -0.39 is 5.60 Å². The van der Waals surface area contributed by atoms with Crippen LogP contribution in [0.1, 0.15) is 40.0 Å². The Morgan fingerprint density at radius 3 is 2.45 bits per heavy atom. The molecule has 2 saturated heterocycles. The molecule has 0 aromatic heterocycles. The molecule has 0 bridgehead atoms. The highest BCUT2D eigenvalue weighted by molar-refractivity contribution is 7.99. The number of carbonyl (C=O) groups is 1. The molecule has 2 aliphatic rings. The van der Waals surface area contributed by atoms with Gasteiger partial charge < -0.3 is 9.64 Å². The predicted molar refractivity (Wildman–Crippen MR) is 84.3 cm³/mol. The topological polar surface area (TPSA) is 32.8 Å². The molecule has 2 heterocycles. The van der Waals surface area contributed by atoms with Crippen molar-refractivity contribution in [2.24, 2.45) is 0 Å². The third-order valence-electron chi connectivity index (χ3n) is 3.91. The van der Waals surface area contributed by atoms with Gasteiger partial charge in [0.1, 0.15) is 5.60 Å². The summed E-state index contributed by atoms with van der Waals surface area (Å²) in [4.78, 5) is 16.6. The number of hydrogen-bond acceptors (Lipinski definition) is 4. The average Bonchev–Trinajstić information content (AvgIpc) is 2.63. The van der Waals surface area contributed by atoms with Crippen LogP contribution >= 0.6 is 11.8 Å². The molecule has 5 heteroatoms. The van der Waals surface area contributed by atoms with Crippen molar-refractivity contribution in [3.05, 3.63) is 0 Å². The Bertz CT molecular complexity index is 324. The first kappa shape index (κ1) is 16.0. The van der Waals surface area contributed by atoms with Gasteiger partial charge in [0.15, 0.2) is 0 Å². The Kier molecular flexibility index (Phi) is 5.61. The second kappa shape index (κ2) is 7.03. The van der Waals surface area contributed by atoms with Crippen molar-refractivity contribution in [2.75, 3.05) is 37.7 Å². The lowest BCUT2D eigenvalue weighted by Crippen LogP contribution is -2.42. The first-order chi connectivity index (χ1) is 9.46. The van der Waals surface area contributed by atoms with Gasteiger partial charge in [0, 0.05) is 43.7 Å². The number of hydrogen-bond donors (Lipinski definition) is 0. The van der Waals surface area contributed by atoms with Crippen molar-refractivity contribution in [3.8, 4) is 0 Å². The molecular formula is C15H28N2O2S. The van der Waals surface area contributed by atoms with Crippen LogP contribution in [0.25, 0.3) is 0 Å². The normalized spacial score (nSPS) is 26.1. The molecule has 0 saturated carbocycles. The van der Waals surface area contributed by atoms with Crippen molar-refractivity contribution in [1.82, 2.24) is 9.80 Å². The zero-order valence-corrected chi connectivity index (χ0v) is 13.9. The Hall–Kier alpha value is -0.420. The number of rotatable bonds is 1. The third kappa shape index (κ3) is 4.85. The summed E-state index contributed by atoms with van der Waals surface area (Å²) in [5.74, 6) is 2.51. The summed E-state index contributed by atoms with van der Waals surface area (Å²) in [5, 5.41) is 0. The quantitative estimate of drug-likeness (QED) is 0.745. The van der Waals surface area contributed by atoms with Gasteiger partial charge in [-0.2, -0.15) is 11.8 Å². The SMILES string of the molecule is CC(C)(C)OC(=O)N1CCCC(N2CCSCC2)CC1. The Balaban J connectivity index is 1.83. The fourth-order valence-corrected chi connectivity index (χ4v) is 3.83. The number of amides is 1. The molecule has 0 N–H and O–H groups in total. The highest BCUT2D eigenvalue weighted by Gasteiger charge is 2.28. The number of thioether (sulfide) groups is 1. The zero-order valence-electron chi connectivity index (χ0n) is 13.1. The molecular weight excluding hydrogens is 272 g/mol. The van der Waals surface area contributed by atoms with Crippen LogP contribution in [0.5, 0.6) is 0 Å². The van der Waals surface area contributed by atoms with Crippen LogP contribution in [0.4, 0.5) is 4.79 Å². The summed E-state index contributed by atoms with van der Waals surface area (Å²) in [7, 11) is 0. The lowest BCUT2D eigenvalue weighted by Gasteiger charge is -2.33. The molecule has 1 atom stereocenters. The molecule has 20 heavy (non-hydrogen) atoms. The van der Waals surface area contributed by atoms with Crippen molar-refractivity contribution >= 4 is 17.9 Å². The van der Waals surface area contributed by atoms with E-state index in [4.69, 9.17) is 4.74 Å². The van der Waals surface area contributed by atoms with E-state index in [0.717, 1.165) is 25.9 Å². The van der Waals surface area contributed by atoms with E-state index >= 15 is 0 Å². The van der Waals surface area contributed by atoms with Crippen LogP contribution in [0.2, 0.25) is 0 Å². The van der Waals surface area contributed by atoms with E-state index in [-0.39, 0.29) is 6.09 Å². The van der Waals surface area contributed by atoms with E-state index in [1.165, 1.54) is 31.0 Å². The molecule has 2 fully saturated rings. The minimum atomic E-state index is -0.396. The molecule has 4 nitrogen and oxygen atoms in total. The summed E-state index contributed by atoms with van der Waals surface area (Å²) in [6, 6.07) is 0.656. The van der Waals surface area contributed by atoms with Crippen molar-refractivity contribution in [3.63, 3.8) is 0 Å². The fourth-order valence-electron chi connectivity index (χ4n) is 2.90. The predicted octanol–water partition coefficient (Wildman–Crippen LogP) is 2.82. The van der Waals surface area contributed by atoms with Crippen molar-refractivity contribution in [1.29, 1.82) is 0 Å². The molecule has 2 rings (SSSR count). The maximum Gasteiger partial charge on any atom is 0.410 e. The molecule has 0 aliphatic carbocycles. The van der Waals surface area contributed by atoms with Crippen LogP contribution in [0.3, 0.4) is 0 Å². The van der Waals surface area contributed by atoms with E-state index in [1.54, 1.807) is 0 Å².